The third-order valence-electron chi connectivity index (χ3n) is 4.05. The van der Waals surface area contributed by atoms with Gasteiger partial charge in [-0.3, -0.25) is 0 Å². The van der Waals surface area contributed by atoms with Crippen LogP contribution in [0.25, 0.3) is 16.9 Å². The maximum Gasteiger partial charge on any atom is 0.139 e. The van der Waals surface area contributed by atoms with Crippen molar-refractivity contribution in [1.29, 1.82) is 0 Å². The number of imidazole rings is 1. The van der Waals surface area contributed by atoms with Gasteiger partial charge in [-0.05, 0) is 36.8 Å². The van der Waals surface area contributed by atoms with Gasteiger partial charge >= 0.3 is 0 Å². The lowest BCUT2D eigenvalue weighted by atomic mass is 10.2. The third-order valence-corrected chi connectivity index (χ3v) is 4.05. The molecule has 3 aromatic rings. The summed E-state index contributed by atoms with van der Waals surface area (Å²) in [6.07, 6.45) is 5.44. The monoisotopic (exact) mass is 279 g/mol. The summed E-state index contributed by atoms with van der Waals surface area (Å²) in [5, 5.41) is 0. The van der Waals surface area contributed by atoms with Gasteiger partial charge in [0.1, 0.15) is 11.4 Å². The highest BCUT2D eigenvalue weighted by molar-refractivity contribution is 5.66. The SMILES string of the molecule is COc1ccc(-c2cn3ccc(N4CCC4)cc3n2)cc1. The second-order valence-electron chi connectivity index (χ2n) is 5.35. The highest BCUT2D eigenvalue weighted by Crippen LogP contribution is 2.25. The van der Waals surface area contributed by atoms with E-state index >= 15 is 0 Å². The Balaban J connectivity index is 1.71. The maximum atomic E-state index is 5.19. The van der Waals surface area contributed by atoms with Gasteiger partial charge in [0.25, 0.3) is 0 Å². The Hall–Kier alpha value is -2.49. The summed E-state index contributed by atoms with van der Waals surface area (Å²) < 4.78 is 7.27. The second kappa shape index (κ2) is 4.81. The number of pyridine rings is 1. The van der Waals surface area contributed by atoms with Crippen molar-refractivity contribution in [1.82, 2.24) is 9.38 Å². The number of nitrogens with zero attached hydrogens (tertiary/aromatic N) is 3. The van der Waals surface area contributed by atoms with Gasteiger partial charge in [-0.1, -0.05) is 0 Å². The van der Waals surface area contributed by atoms with E-state index < -0.39 is 0 Å². The Kier molecular flexibility index (Phi) is 2.81. The molecule has 1 aliphatic rings. The van der Waals surface area contributed by atoms with Crippen molar-refractivity contribution >= 4 is 11.3 Å². The summed E-state index contributed by atoms with van der Waals surface area (Å²) in [4.78, 5) is 7.11. The number of hydrogen-bond donors (Lipinski definition) is 0. The topological polar surface area (TPSA) is 29.8 Å². The Bertz CT molecular complexity index is 772. The summed E-state index contributed by atoms with van der Waals surface area (Å²) in [5.41, 5.74) is 4.34. The van der Waals surface area contributed by atoms with Gasteiger partial charge in [0.15, 0.2) is 0 Å². The van der Waals surface area contributed by atoms with Gasteiger partial charge in [0.05, 0.1) is 12.8 Å². The molecule has 4 heteroatoms. The predicted octanol–water partition coefficient (Wildman–Crippen LogP) is 3.22. The van der Waals surface area contributed by atoms with Crippen LogP contribution in [0, 0.1) is 0 Å². The van der Waals surface area contributed by atoms with Crippen molar-refractivity contribution in [2.24, 2.45) is 0 Å². The minimum atomic E-state index is 0.864. The minimum absolute atomic E-state index is 0.864. The van der Waals surface area contributed by atoms with Gasteiger partial charge in [0, 0.05) is 42.8 Å². The summed E-state index contributed by atoms with van der Waals surface area (Å²) in [7, 11) is 1.68. The van der Waals surface area contributed by atoms with E-state index in [4.69, 9.17) is 9.72 Å². The van der Waals surface area contributed by atoms with Gasteiger partial charge in [-0.15, -0.1) is 0 Å². The van der Waals surface area contributed by atoms with E-state index in [2.05, 4.69) is 33.8 Å². The fourth-order valence-corrected chi connectivity index (χ4v) is 2.64. The average molecular weight is 279 g/mol. The van der Waals surface area contributed by atoms with Crippen LogP contribution in [0.1, 0.15) is 6.42 Å². The lowest BCUT2D eigenvalue weighted by molar-refractivity contribution is 0.415. The zero-order chi connectivity index (χ0) is 14.2. The molecule has 0 saturated carbocycles. The Labute approximate surface area is 123 Å². The Morgan fingerprint density at radius 2 is 1.90 bits per heavy atom. The van der Waals surface area contributed by atoms with Crippen LogP contribution >= 0.6 is 0 Å². The summed E-state index contributed by atoms with van der Waals surface area (Å²) in [5.74, 6) is 0.864. The third kappa shape index (κ3) is 2.13. The maximum absolute atomic E-state index is 5.19. The highest BCUT2D eigenvalue weighted by Gasteiger charge is 2.15. The zero-order valence-electron chi connectivity index (χ0n) is 12.0. The summed E-state index contributed by atoms with van der Waals surface area (Å²) >= 11 is 0. The molecule has 0 bridgehead atoms. The van der Waals surface area contributed by atoms with Crippen molar-refractivity contribution in [3.8, 4) is 17.0 Å². The average Bonchev–Trinajstić information content (AvgIpc) is 2.89. The predicted molar refractivity (Wildman–Crippen MR) is 84.0 cm³/mol. The number of methoxy groups -OCH3 is 1. The first-order valence-corrected chi connectivity index (χ1v) is 7.22. The molecule has 0 radical (unpaired) electrons. The molecule has 2 aromatic heterocycles. The Morgan fingerprint density at radius 1 is 1.10 bits per heavy atom. The molecule has 3 heterocycles. The molecular weight excluding hydrogens is 262 g/mol. The molecule has 0 unspecified atom stereocenters. The van der Waals surface area contributed by atoms with E-state index in [9.17, 15) is 0 Å². The largest absolute Gasteiger partial charge is 0.497 e. The van der Waals surface area contributed by atoms with Crippen molar-refractivity contribution in [2.45, 2.75) is 6.42 Å². The van der Waals surface area contributed by atoms with Crippen molar-refractivity contribution in [2.75, 3.05) is 25.1 Å². The van der Waals surface area contributed by atoms with E-state index in [0.29, 0.717) is 0 Å². The number of anilines is 1. The molecule has 4 rings (SSSR count). The van der Waals surface area contributed by atoms with Crippen molar-refractivity contribution in [3.05, 3.63) is 48.8 Å². The van der Waals surface area contributed by atoms with Crippen molar-refractivity contribution in [3.63, 3.8) is 0 Å². The molecule has 1 aromatic carbocycles. The van der Waals surface area contributed by atoms with Crippen LogP contribution in [0.15, 0.2) is 48.8 Å². The van der Waals surface area contributed by atoms with E-state index in [0.717, 1.165) is 35.7 Å². The normalized spacial score (nSPS) is 14.2. The molecule has 1 aliphatic heterocycles. The lowest BCUT2D eigenvalue weighted by Crippen LogP contribution is -2.36. The fourth-order valence-electron chi connectivity index (χ4n) is 2.64. The number of fused-ring (bicyclic) bond motifs is 1. The number of hydrogen-bond acceptors (Lipinski definition) is 3. The Morgan fingerprint density at radius 3 is 2.57 bits per heavy atom. The molecule has 106 valence electrons. The molecular formula is C17H17N3O. The lowest BCUT2D eigenvalue weighted by Gasteiger charge is -2.33. The van der Waals surface area contributed by atoms with Gasteiger partial charge in [-0.25, -0.2) is 4.98 Å². The smallest absolute Gasteiger partial charge is 0.139 e. The van der Waals surface area contributed by atoms with E-state index in [1.807, 2.05) is 24.3 Å². The first-order chi connectivity index (χ1) is 10.3. The zero-order valence-corrected chi connectivity index (χ0v) is 12.0. The molecule has 0 aliphatic carbocycles. The molecule has 0 N–H and O–H groups in total. The van der Waals surface area contributed by atoms with E-state index in [1.165, 1.54) is 12.1 Å². The van der Waals surface area contributed by atoms with Crippen LogP contribution in [0.4, 0.5) is 5.69 Å². The van der Waals surface area contributed by atoms with Gasteiger partial charge < -0.3 is 14.0 Å². The fraction of sp³-hybridized carbons (Fsp3) is 0.235. The standard InChI is InChI=1S/C17H17N3O/c1-21-15-5-3-13(4-6-15)16-12-20-10-7-14(11-17(20)18-16)19-8-2-9-19/h3-7,10-12H,2,8-9H2,1H3. The van der Waals surface area contributed by atoms with Crippen molar-refractivity contribution < 1.29 is 4.74 Å². The summed E-state index contributed by atoms with van der Waals surface area (Å²) in [6.45, 7) is 2.31. The quantitative estimate of drug-likeness (QED) is 0.737. The highest BCUT2D eigenvalue weighted by atomic mass is 16.5. The minimum Gasteiger partial charge on any atom is -0.497 e. The second-order valence-corrected chi connectivity index (χ2v) is 5.35. The van der Waals surface area contributed by atoms with Crippen LogP contribution in [-0.2, 0) is 0 Å². The van der Waals surface area contributed by atoms with Crippen LogP contribution < -0.4 is 9.64 Å². The molecule has 0 spiro atoms. The molecule has 1 fully saturated rings. The number of benzene rings is 1. The van der Waals surface area contributed by atoms with Gasteiger partial charge in [-0.2, -0.15) is 0 Å². The van der Waals surface area contributed by atoms with E-state index in [-0.39, 0.29) is 0 Å². The molecule has 4 nitrogen and oxygen atoms in total. The van der Waals surface area contributed by atoms with Crippen LogP contribution in [0.5, 0.6) is 5.75 Å². The summed E-state index contributed by atoms with van der Waals surface area (Å²) in [6, 6.07) is 12.3. The van der Waals surface area contributed by atoms with E-state index in [1.54, 1.807) is 7.11 Å². The molecule has 0 atom stereocenters. The number of ether oxygens (including phenoxy) is 1. The van der Waals surface area contributed by atoms with Gasteiger partial charge in [0.2, 0.25) is 0 Å². The number of rotatable bonds is 3. The molecule has 21 heavy (non-hydrogen) atoms. The van der Waals surface area contributed by atoms with Crippen LogP contribution in [0.3, 0.4) is 0 Å². The first-order valence-electron chi connectivity index (χ1n) is 7.22. The number of aromatic nitrogens is 2. The van der Waals surface area contributed by atoms with Crippen LogP contribution in [0.2, 0.25) is 0 Å². The first kappa shape index (κ1) is 12.3. The molecule has 0 amide bonds. The molecule has 1 saturated heterocycles. The van der Waals surface area contributed by atoms with Crippen LogP contribution in [-0.4, -0.2) is 29.6 Å².